The van der Waals surface area contributed by atoms with Crippen molar-refractivity contribution in [2.45, 2.75) is 19.3 Å². The smallest absolute Gasteiger partial charge is 0.0109 e. The second kappa shape index (κ2) is 9.07. The lowest BCUT2D eigenvalue weighted by molar-refractivity contribution is 0.207. The minimum atomic E-state index is 0. The maximum absolute atomic E-state index is 2.57. The number of likely N-dealkylation sites (tertiary alicyclic amines) is 1. The molecule has 2 nitrogen and oxygen atoms in total. The first-order valence-electron chi connectivity index (χ1n) is 4.66. The summed E-state index contributed by atoms with van der Waals surface area (Å²) in [5.74, 6) is 0. The van der Waals surface area contributed by atoms with E-state index in [0.717, 1.165) is 0 Å². The van der Waals surface area contributed by atoms with Gasteiger partial charge in [0.2, 0.25) is 0 Å². The van der Waals surface area contributed by atoms with E-state index in [-0.39, 0.29) is 24.8 Å². The van der Waals surface area contributed by atoms with Gasteiger partial charge in [0.15, 0.2) is 0 Å². The van der Waals surface area contributed by atoms with E-state index in [1.807, 2.05) is 0 Å². The zero-order valence-corrected chi connectivity index (χ0v) is 10.3. The highest BCUT2D eigenvalue weighted by Crippen LogP contribution is 2.07. The number of nitrogens with zero attached hydrogens (tertiary/aromatic N) is 2. The number of piperidine rings is 1. The number of hydrogen-bond acceptors (Lipinski definition) is 2. The Bertz CT molecular complexity index is 104. The number of rotatable bonds is 3. The van der Waals surface area contributed by atoms with Gasteiger partial charge in [0.1, 0.15) is 0 Å². The molecule has 0 aromatic heterocycles. The molecule has 1 fully saturated rings. The van der Waals surface area contributed by atoms with E-state index in [1.165, 1.54) is 45.4 Å². The normalized spacial score (nSPS) is 17.8. The predicted octanol–water partition coefficient (Wildman–Crippen LogP) is 1.88. The Morgan fingerprint density at radius 1 is 1.00 bits per heavy atom. The average Bonchev–Trinajstić information content (AvgIpc) is 2.03. The molecule has 1 rings (SSSR count). The van der Waals surface area contributed by atoms with Crippen molar-refractivity contribution < 1.29 is 0 Å². The van der Waals surface area contributed by atoms with Gasteiger partial charge in [-0.05, 0) is 40.0 Å². The molecule has 0 bridgehead atoms. The molecule has 1 aliphatic heterocycles. The maximum atomic E-state index is 2.57. The Balaban J connectivity index is 0. The lowest BCUT2D eigenvalue weighted by atomic mass is 10.1. The van der Waals surface area contributed by atoms with Crippen LogP contribution in [-0.4, -0.2) is 50.1 Å². The molecule has 13 heavy (non-hydrogen) atoms. The van der Waals surface area contributed by atoms with Crippen LogP contribution in [0.15, 0.2) is 0 Å². The number of hydrogen-bond donors (Lipinski definition) is 0. The van der Waals surface area contributed by atoms with Crippen molar-refractivity contribution in [3.8, 4) is 0 Å². The SMILES string of the molecule is CN(C)CCN1CCCCC1.Cl.Cl. The van der Waals surface area contributed by atoms with Gasteiger partial charge in [-0.2, -0.15) is 0 Å². The fourth-order valence-corrected chi connectivity index (χ4v) is 1.52. The van der Waals surface area contributed by atoms with E-state index < -0.39 is 0 Å². The summed E-state index contributed by atoms with van der Waals surface area (Å²) < 4.78 is 0. The van der Waals surface area contributed by atoms with Crippen LogP contribution < -0.4 is 0 Å². The Hall–Kier alpha value is 0.500. The Morgan fingerprint density at radius 3 is 2.00 bits per heavy atom. The topological polar surface area (TPSA) is 6.48 Å². The van der Waals surface area contributed by atoms with E-state index in [9.17, 15) is 0 Å². The molecule has 0 aliphatic carbocycles. The molecule has 0 radical (unpaired) electrons. The van der Waals surface area contributed by atoms with Crippen LogP contribution in [0.1, 0.15) is 19.3 Å². The predicted molar refractivity (Wildman–Crippen MR) is 63.3 cm³/mol. The molecule has 1 saturated heterocycles. The summed E-state index contributed by atoms with van der Waals surface area (Å²) in [5, 5.41) is 0. The zero-order valence-electron chi connectivity index (χ0n) is 8.66. The van der Waals surface area contributed by atoms with E-state index in [2.05, 4.69) is 23.9 Å². The average molecular weight is 229 g/mol. The number of likely N-dealkylation sites (N-methyl/N-ethyl adjacent to an activating group) is 1. The molecule has 0 aromatic rings. The van der Waals surface area contributed by atoms with Crippen LogP contribution >= 0.6 is 24.8 Å². The van der Waals surface area contributed by atoms with Gasteiger partial charge in [-0.3, -0.25) is 0 Å². The molecular formula is C9H22Cl2N2. The van der Waals surface area contributed by atoms with Crippen LogP contribution in [0, 0.1) is 0 Å². The highest BCUT2D eigenvalue weighted by molar-refractivity contribution is 5.85. The molecule has 0 unspecified atom stereocenters. The first kappa shape index (κ1) is 15.9. The molecule has 0 spiro atoms. The van der Waals surface area contributed by atoms with Gasteiger partial charge in [0.05, 0.1) is 0 Å². The number of halogens is 2. The van der Waals surface area contributed by atoms with E-state index >= 15 is 0 Å². The summed E-state index contributed by atoms with van der Waals surface area (Å²) >= 11 is 0. The molecule has 0 aromatic carbocycles. The largest absolute Gasteiger partial charge is 0.308 e. The lowest BCUT2D eigenvalue weighted by Crippen LogP contribution is -2.35. The summed E-state index contributed by atoms with van der Waals surface area (Å²) in [4.78, 5) is 4.83. The maximum Gasteiger partial charge on any atom is 0.0109 e. The van der Waals surface area contributed by atoms with Gasteiger partial charge < -0.3 is 9.80 Å². The van der Waals surface area contributed by atoms with Crippen molar-refractivity contribution in [2.24, 2.45) is 0 Å². The molecule has 4 heteroatoms. The summed E-state index contributed by atoms with van der Waals surface area (Å²) in [6, 6.07) is 0. The Kier molecular flexibility index (Phi) is 11.1. The van der Waals surface area contributed by atoms with E-state index in [1.54, 1.807) is 0 Å². The van der Waals surface area contributed by atoms with Crippen molar-refractivity contribution >= 4 is 24.8 Å². The second-order valence-corrected chi connectivity index (χ2v) is 3.71. The highest BCUT2D eigenvalue weighted by atomic mass is 35.5. The molecule has 1 aliphatic rings. The van der Waals surface area contributed by atoms with Crippen LogP contribution in [0.5, 0.6) is 0 Å². The van der Waals surface area contributed by atoms with Gasteiger partial charge >= 0.3 is 0 Å². The Morgan fingerprint density at radius 2 is 1.54 bits per heavy atom. The second-order valence-electron chi connectivity index (χ2n) is 3.71. The molecule has 1 heterocycles. The first-order chi connectivity index (χ1) is 5.29. The minimum absolute atomic E-state index is 0. The molecule has 0 saturated carbocycles. The molecule has 0 atom stereocenters. The van der Waals surface area contributed by atoms with Crippen LogP contribution in [0.3, 0.4) is 0 Å². The summed E-state index contributed by atoms with van der Waals surface area (Å²) in [7, 11) is 4.29. The van der Waals surface area contributed by atoms with Gasteiger partial charge in [0.25, 0.3) is 0 Å². The molecular weight excluding hydrogens is 207 g/mol. The highest BCUT2D eigenvalue weighted by Gasteiger charge is 2.08. The van der Waals surface area contributed by atoms with Crippen molar-refractivity contribution in [1.82, 2.24) is 9.80 Å². The van der Waals surface area contributed by atoms with Crippen molar-refractivity contribution in [3.63, 3.8) is 0 Å². The molecule has 82 valence electrons. The van der Waals surface area contributed by atoms with Gasteiger partial charge in [-0.1, -0.05) is 6.42 Å². The minimum Gasteiger partial charge on any atom is -0.308 e. The van der Waals surface area contributed by atoms with E-state index in [4.69, 9.17) is 0 Å². The molecule has 0 amide bonds. The fraction of sp³-hybridized carbons (Fsp3) is 1.00. The van der Waals surface area contributed by atoms with Gasteiger partial charge in [0, 0.05) is 13.1 Å². The van der Waals surface area contributed by atoms with Crippen molar-refractivity contribution in [3.05, 3.63) is 0 Å². The van der Waals surface area contributed by atoms with Crippen molar-refractivity contribution in [1.29, 1.82) is 0 Å². The Labute approximate surface area is 94.5 Å². The third-order valence-electron chi connectivity index (χ3n) is 2.31. The van der Waals surface area contributed by atoms with Crippen LogP contribution in [-0.2, 0) is 0 Å². The standard InChI is InChI=1S/C9H20N2.2ClH/c1-10(2)8-9-11-6-4-3-5-7-11;;/h3-9H2,1-2H3;2*1H. The van der Waals surface area contributed by atoms with Crippen LogP contribution in [0.25, 0.3) is 0 Å². The van der Waals surface area contributed by atoms with Crippen molar-refractivity contribution in [2.75, 3.05) is 40.3 Å². The summed E-state index contributed by atoms with van der Waals surface area (Å²) in [6.45, 7) is 5.12. The zero-order chi connectivity index (χ0) is 8.10. The summed E-state index contributed by atoms with van der Waals surface area (Å²) in [5.41, 5.74) is 0. The third kappa shape index (κ3) is 7.56. The summed E-state index contributed by atoms with van der Waals surface area (Å²) in [6.07, 6.45) is 4.26. The monoisotopic (exact) mass is 228 g/mol. The van der Waals surface area contributed by atoms with Crippen LogP contribution in [0.4, 0.5) is 0 Å². The van der Waals surface area contributed by atoms with Gasteiger partial charge in [-0.25, -0.2) is 0 Å². The molecule has 0 N–H and O–H groups in total. The first-order valence-corrected chi connectivity index (χ1v) is 4.66. The van der Waals surface area contributed by atoms with E-state index in [0.29, 0.717) is 0 Å². The lowest BCUT2D eigenvalue weighted by Gasteiger charge is -2.27. The van der Waals surface area contributed by atoms with Crippen LogP contribution in [0.2, 0.25) is 0 Å². The third-order valence-corrected chi connectivity index (χ3v) is 2.31. The quantitative estimate of drug-likeness (QED) is 0.729. The van der Waals surface area contributed by atoms with Gasteiger partial charge in [-0.15, -0.1) is 24.8 Å². The fourth-order valence-electron chi connectivity index (χ4n) is 1.52.